The van der Waals surface area contributed by atoms with Crippen molar-refractivity contribution in [3.05, 3.63) is 24.3 Å². The summed E-state index contributed by atoms with van der Waals surface area (Å²) >= 11 is 0. The number of carboxylic acids is 1. The topological polar surface area (TPSA) is 116 Å². The maximum atomic E-state index is 11.3. The van der Waals surface area contributed by atoms with E-state index in [-0.39, 0.29) is 10.6 Å². The highest BCUT2D eigenvalue weighted by Gasteiger charge is 2.12. The number of sulfonamides is 1. The highest BCUT2D eigenvalue weighted by Crippen LogP contribution is 2.15. The van der Waals surface area contributed by atoms with Gasteiger partial charge in [-0.05, 0) is 24.3 Å². The van der Waals surface area contributed by atoms with E-state index in [0.717, 1.165) is 0 Å². The van der Waals surface area contributed by atoms with Gasteiger partial charge in [-0.2, -0.15) is 5.26 Å². The number of benzene rings is 1. The number of carboxylic acid groups (broad SMARTS) is 1. The van der Waals surface area contributed by atoms with Crippen molar-refractivity contribution in [2.75, 3.05) is 6.61 Å². The first-order valence-corrected chi connectivity index (χ1v) is 5.79. The van der Waals surface area contributed by atoms with Crippen LogP contribution >= 0.6 is 0 Å². The molecular formula is C9H8N2O5S. The zero-order valence-corrected chi connectivity index (χ0v) is 9.27. The van der Waals surface area contributed by atoms with Crippen molar-refractivity contribution >= 4 is 16.0 Å². The van der Waals surface area contributed by atoms with Gasteiger partial charge in [-0.15, -0.1) is 0 Å². The minimum Gasteiger partial charge on any atom is -0.482 e. The Morgan fingerprint density at radius 1 is 1.41 bits per heavy atom. The molecule has 0 bridgehead atoms. The second-order valence-electron chi connectivity index (χ2n) is 2.87. The fourth-order valence-corrected chi connectivity index (χ4v) is 1.71. The number of hydrogen-bond donors (Lipinski definition) is 2. The standard InChI is InChI=1S/C9H8N2O5S/c10-6-11-17(14,15)8-3-1-7(2-4-8)16-5-9(12)13/h1-4,11H,5H2,(H,12,13). The highest BCUT2D eigenvalue weighted by molar-refractivity contribution is 7.89. The van der Waals surface area contributed by atoms with Crippen LogP contribution in [-0.2, 0) is 14.8 Å². The molecule has 1 rings (SSSR count). The second-order valence-corrected chi connectivity index (χ2v) is 4.55. The molecule has 17 heavy (non-hydrogen) atoms. The molecule has 7 nitrogen and oxygen atoms in total. The van der Waals surface area contributed by atoms with Gasteiger partial charge in [0, 0.05) is 0 Å². The predicted octanol–water partition coefficient (Wildman–Crippen LogP) is -0.0906. The van der Waals surface area contributed by atoms with Crippen molar-refractivity contribution < 1.29 is 23.1 Å². The van der Waals surface area contributed by atoms with Crippen molar-refractivity contribution in [1.82, 2.24) is 4.72 Å². The molecule has 0 radical (unpaired) electrons. The lowest BCUT2D eigenvalue weighted by atomic mass is 10.3. The summed E-state index contributed by atoms with van der Waals surface area (Å²) in [7, 11) is -3.84. The minimum absolute atomic E-state index is 0.110. The lowest BCUT2D eigenvalue weighted by Crippen LogP contribution is -2.18. The first-order chi connectivity index (χ1) is 7.95. The van der Waals surface area contributed by atoms with Gasteiger partial charge >= 0.3 is 5.97 Å². The number of rotatable bonds is 5. The summed E-state index contributed by atoms with van der Waals surface area (Å²) in [5.41, 5.74) is 0. The number of nitriles is 1. The Morgan fingerprint density at radius 3 is 2.47 bits per heavy atom. The van der Waals surface area contributed by atoms with Gasteiger partial charge in [0.15, 0.2) is 12.8 Å². The molecule has 0 aliphatic heterocycles. The van der Waals surface area contributed by atoms with E-state index >= 15 is 0 Å². The maximum Gasteiger partial charge on any atom is 0.341 e. The van der Waals surface area contributed by atoms with Gasteiger partial charge in [0.05, 0.1) is 4.90 Å². The van der Waals surface area contributed by atoms with Gasteiger partial charge < -0.3 is 9.84 Å². The lowest BCUT2D eigenvalue weighted by molar-refractivity contribution is -0.139. The van der Waals surface area contributed by atoms with Crippen LogP contribution in [0.15, 0.2) is 29.2 Å². The van der Waals surface area contributed by atoms with E-state index in [4.69, 9.17) is 15.1 Å². The monoisotopic (exact) mass is 256 g/mol. The third-order valence-electron chi connectivity index (χ3n) is 1.68. The van der Waals surface area contributed by atoms with E-state index in [1.165, 1.54) is 30.5 Å². The quantitative estimate of drug-likeness (QED) is 0.561. The molecule has 1 aromatic rings. The molecule has 90 valence electrons. The molecule has 2 N–H and O–H groups in total. The van der Waals surface area contributed by atoms with Gasteiger partial charge in [0.25, 0.3) is 10.0 Å². The SMILES string of the molecule is N#CNS(=O)(=O)c1ccc(OCC(=O)O)cc1. The summed E-state index contributed by atoms with van der Waals surface area (Å²) in [6, 6.07) is 5.01. The molecule has 0 aromatic heterocycles. The Hall–Kier alpha value is -2.27. The van der Waals surface area contributed by atoms with E-state index in [1.807, 2.05) is 0 Å². The number of nitrogens with one attached hydrogen (secondary N) is 1. The van der Waals surface area contributed by atoms with Crippen LogP contribution in [0.2, 0.25) is 0 Å². The van der Waals surface area contributed by atoms with Crippen LogP contribution in [0.5, 0.6) is 5.75 Å². The number of nitrogens with zero attached hydrogens (tertiary/aromatic N) is 1. The molecule has 0 spiro atoms. The van der Waals surface area contributed by atoms with E-state index in [0.29, 0.717) is 0 Å². The number of ether oxygens (including phenoxy) is 1. The Bertz CT molecular complexity index is 544. The Labute approximate surface area is 97.3 Å². The summed E-state index contributed by atoms with van der Waals surface area (Å²) in [6.45, 7) is -0.511. The number of hydrogen-bond acceptors (Lipinski definition) is 5. The molecule has 0 saturated heterocycles. The molecule has 8 heteroatoms. The lowest BCUT2D eigenvalue weighted by Gasteiger charge is -2.04. The van der Waals surface area contributed by atoms with Gasteiger partial charge in [-0.1, -0.05) is 0 Å². The molecule has 0 fully saturated rings. The first kappa shape index (κ1) is 12.8. The summed E-state index contributed by atoms with van der Waals surface area (Å²) in [5, 5.41) is 16.6. The molecule has 0 saturated carbocycles. The molecule has 0 aliphatic carbocycles. The second kappa shape index (κ2) is 5.18. The van der Waals surface area contributed by atoms with Crippen LogP contribution in [0.4, 0.5) is 0 Å². The minimum atomic E-state index is -3.84. The Kier molecular flexibility index (Phi) is 3.90. The molecule has 0 atom stereocenters. The summed E-state index contributed by atoms with van der Waals surface area (Å²) in [6.07, 6.45) is 1.31. The van der Waals surface area contributed by atoms with Crippen LogP contribution < -0.4 is 9.46 Å². The Balaban J connectivity index is 2.82. The van der Waals surface area contributed by atoms with Crippen LogP contribution in [0.1, 0.15) is 0 Å². The predicted molar refractivity (Wildman–Crippen MR) is 55.5 cm³/mol. The van der Waals surface area contributed by atoms with E-state index < -0.39 is 22.6 Å². The average molecular weight is 256 g/mol. The molecule has 1 aromatic carbocycles. The van der Waals surface area contributed by atoms with Crippen molar-refractivity contribution in [1.29, 1.82) is 5.26 Å². The average Bonchev–Trinajstić information content (AvgIpc) is 2.27. The number of carbonyl (C=O) groups is 1. The third-order valence-corrected chi connectivity index (χ3v) is 2.93. The molecule has 0 aliphatic rings. The first-order valence-electron chi connectivity index (χ1n) is 4.31. The fourth-order valence-electron chi connectivity index (χ4n) is 0.979. The summed E-state index contributed by atoms with van der Waals surface area (Å²) in [4.78, 5) is 10.1. The van der Waals surface area contributed by atoms with Gasteiger partial charge in [-0.25, -0.2) is 17.9 Å². The smallest absolute Gasteiger partial charge is 0.341 e. The third kappa shape index (κ3) is 3.66. The van der Waals surface area contributed by atoms with Gasteiger partial charge in [0.1, 0.15) is 5.75 Å². The van der Waals surface area contributed by atoms with Crippen LogP contribution in [0.3, 0.4) is 0 Å². The zero-order chi connectivity index (χ0) is 12.9. The van der Waals surface area contributed by atoms with Crippen molar-refractivity contribution in [2.24, 2.45) is 0 Å². The van der Waals surface area contributed by atoms with Crippen molar-refractivity contribution in [2.45, 2.75) is 4.90 Å². The maximum absolute atomic E-state index is 11.3. The molecule has 0 unspecified atom stereocenters. The van der Waals surface area contributed by atoms with Gasteiger partial charge in [-0.3, -0.25) is 0 Å². The van der Waals surface area contributed by atoms with Crippen molar-refractivity contribution in [3.8, 4) is 11.9 Å². The summed E-state index contributed by atoms with van der Waals surface area (Å²) in [5.74, 6) is -0.906. The van der Waals surface area contributed by atoms with Crippen molar-refractivity contribution in [3.63, 3.8) is 0 Å². The zero-order valence-electron chi connectivity index (χ0n) is 8.45. The molecule has 0 heterocycles. The largest absolute Gasteiger partial charge is 0.482 e. The van der Waals surface area contributed by atoms with E-state index in [9.17, 15) is 13.2 Å². The van der Waals surface area contributed by atoms with E-state index in [2.05, 4.69) is 0 Å². The molecular weight excluding hydrogens is 248 g/mol. The van der Waals surface area contributed by atoms with Crippen LogP contribution in [0.25, 0.3) is 0 Å². The van der Waals surface area contributed by atoms with Gasteiger partial charge in [0.2, 0.25) is 0 Å². The van der Waals surface area contributed by atoms with Crippen LogP contribution in [0, 0.1) is 11.5 Å². The van der Waals surface area contributed by atoms with Crippen LogP contribution in [-0.4, -0.2) is 26.1 Å². The fraction of sp³-hybridized carbons (Fsp3) is 0.111. The molecule has 0 amide bonds. The Morgan fingerprint density at radius 2 is 2.00 bits per heavy atom. The normalized spacial score (nSPS) is 10.3. The van der Waals surface area contributed by atoms with E-state index in [1.54, 1.807) is 4.72 Å². The number of aliphatic carboxylic acids is 1. The highest BCUT2D eigenvalue weighted by atomic mass is 32.2. The summed E-state index contributed by atoms with van der Waals surface area (Å²) < 4.78 is 29.1.